The van der Waals surface area contributed by atoms with E-state index < -0.39 is 0 Å². The smallest absolute Gasteiger partial charge is 0.225 e. The molecule has 2 aromatic heterocycles. The molecular weight excluding hydrogens is 338 g/mol. The molecule has 0 spiro atoms. The first-order chi connectivity index (χ1) is 13.2. The van der Waals surface area contributed by atoms with Gasteiger partial charge >= 0.3 is 0 Å². The lowest BCUT2D eigenvalue weighted by Gasteiger charge is -2.08. The quantitative estimate of drug-likeness (QED) is 0.486. The van der Waals surface area contributed by atoms with Crippen molar-refractivity contribution < 1.29 is 0 Å². The van der Waals surface area contributed by atoms with Crippen LogP contribution in [0.5, 0.6) is 0 Å². The third-order valence-electron chi connectivity index (χ3n) is 4.85. The summed E-state index contributed by atoms with van der Waals surface area (Å²) in [6, 6.07) is 0. The molecule has 2 heterocycles. The Morgan fingerprint density at radius 3 is 2.00 bits per heavy atom. The summed E-state index contributed by atoms with van der Waals surface area (Å²) in [6.07, 6.45) is 19.0. The van der Waals surface area contributed by atoms with Gasteiger partial charge in [-0.3, -0.25) is 0 Å². The van der Waals surface area contributed by atoms with Gasteiger partial charge in [0, 0.05) is 31.8 Å². The van der Waals surface area contributed by atoms with Crippen LogP contribution in [0.4, 0.5) is 11.9 Å². The molecule has 0 aliphatic rings. The molecule has 4 N–H and O–H groups in total. The van der Waals surface area contributed by atoms with Crippen molar-refractivity contribution in [2.24, 2.45) is 0 Å². The first kappa shape index (κ1) is 21.1. The van der Waals surface area contributed by atoms with Crippen LogP contribution in [-0.2, 0) is 19.4 Å². The van der Waals surface area contributed by atoms with E-state index in [1.54, 1.807) is 0 Å². The van der Waals surface area contributed by atoms with Gasteiger partial charge in [0.25, 0.3) is 0 Å². The number of hydrogen-bond donors (Lipinski definition) is 2. The topological polar surface area (TPSA) is 109 Å². The summed E-state index contributed by atoms with van der Waals surface area (Å²) in [5.41, 5.74) is 11.2. The molecule has 0 aliphatic carbocycles. The van der Waals surface area contributed by atoms with E-state index in [2.05, 4.69) is 31.4 Å². The van der Waals surface area contributed by atoms with Crippen molar-refractivity contribution in [2.45, 2.75) is 90.5 Å². The molecule has 150 valence electrons. The van der Waals surface area contributed by atoms with Crippen LogP contribution >= 0.6 is 0 Å². The van der Waals surface area contributed by atoms with Gasteiger partial charge in [0.2, 0.25) is 11.9 Å². The molecule has 0 fully saturated rings. The average molecular weight is 374 g/mol. The molecule has 0 aliphatic heterocycles. The fourth-order valence-electron chi connectivity index (χ4n) is 3.33. The molecular formula is C20H35N7. The van der Waals surface area contributed by atoms with Crippen molar-refractivity contribution in [1.82, 2.24) is 24.5 Å². The van der Waals surface area contributed by atoms with E-state index >= 15 is 0 Å². The predicted octanol–water partition coefficient (Wildman–Crippen LogP) is 3.94. The number of unbranched alkanes of at least 4 members (excludes halogenated alkanes) is 9. The van der Waals surface area contributed by atoms with Gasteiger partial charge in [-0.1, -0.05) is 64.7 Å². The number of anilines is 2. The van der Waals surface area contributed by atoms with Crippen LogP contribution in [0.25, 0.3) is 0 Å². The molecule has 7 nitrogen and oxygen atoms in total. The van der Waals surface area contributed by atoms with Crippen LogP contribution < -0.4 is 11.5 Å². The van der Waals surface area contributed by atoms with Crippen molar-refractivity contribution in [2.75, 3.05) is 11.5 Å². The number of imidazole rings is 1. The Hall–Kier alpha value is -2.18. The van der Waals surface area contributed by atoms with Gasteiger partial charge in [-0.15, -0.1) is 0 Å². The fourth-order valence-corrected chi connectivity index (χ4v) is 3.33. The van der Waals surface area contributed by atoms with Crippen LogP contribution in [0, 0.1) is 0 Å². The van der Waals surface area contributed by atoms with E-state index in [-0.39, 0.29) is 11.9 Å². The number of nitrogens with two attached hydrogens (primary N) is 2. The Morgan fingerprint density at radius 2 is 1.37 bits per heavy atom. The van der Waals surface area contributed by atoms with E-state index in [1.807, 2.05) is 12.4 Å². The summed E-state index contributed by atoms with van der Waals surface area (Å²) >= 11 is 0. The minimum absolute atomic E-state index is 0.175. The van der Waals surface area contributed by atoms with Gasteiger partial charge in [-0.25, -0.2) is 4.98 Å². The number of nitrogens with zero attached hydrogens (tertiary/aromatic N) is 5. The maximum atomic E-state index is 5.62. The first-order valence-electron chi connectivity index (χ1n) is 10.4. The lowest BCUT2D eigenvalue weighted by Crippen LogP contribution is -2.11. The van der Waals surface area contributed by atoms with Crippen molar-refractivity contribution >= 4 is 11.9 Å². The van der Waals surface area contributed by atoms with Gasteiger partial charge in [-0.2, -0.15) is 15.0 Å². The number of aryl methyl sites for hydroxylation is 3. The zero-order valence-electron chi connectivity index (χ0n) is 16.7. The number of rotatable bonds is 14. The molecule has 0 atom stereocenters. The first-order valence-corrected chi connectivity index (χ1v) is 10.4. The second-order valence-corrected chi connectivity index (χ2v) is 7.19. The van der Waals surface area contributed by atoms with Crippen molar-refractivity contribution in [3.8, 4) is 0 Å². The highest BCUT2D eigenvalue weighted by Crippen LogP contribution is 2.12. The van der Waals surface area contributed by atoms with Crippen molar-refractivity contribution in [3.05, 3.63) is 24.0 Å². The van der Waals surface area contributed by atoms with Crippen LogP contribution in [-0.4, -0.2) is 24.5 Å². The van der Waals surface area contributed by atoms with Gasteiger partial charge in [0.15, 0.2) is 0 Å². The van der Waals surface area contributed by atoms with Crippen molar-refractivity contribution in [1.29, 1.82) is 0 Å². The highest BCUT2D eigenvalue weighted by atomic mass is 15.1. The molecule has 27 heavy (non-hydrogen) atoms. The second-order valence-electron chi connectivity index (χ2n) is 7.19. The summed E-state index contributed by atoms with van der Waals surface area (Å²) in [5, 5.41) is 0. The monoisotopic (exact) mass is 373 g/mol. The van der Waals surface area contributed by atoms with Gasteiger partial charge in [0.1, 0.15) is 11.6 Å². The Balaban J connectivity index is 1.61. The minimum Gasteiger partial charge on any atom is -0.368 e. The summed E-state index contributed by atoms with van der Waals surface area (Å²) in [4.78, 5) is 16.6. The Labute approximate surface area is 163 Å². The molecule has 0 aromatic carbocycles. The predicted molar refractivity (Wildman–Crippen MR) is 110 cm³/mol. The van der Waals surface area contributed by atoms with E-state index in [0.717, 1.165) is 18.8 Å². The van der Waals surface area contributed by atoms with Crippen LogP contribution in [0.1, 0.15) is 82.8 Å². The maximum absolute atomic E-state index is 5.62. The third-order valence-corrected chi connectivity index (χ3v) is 4.85. The Kier molecular flexibility index (Phi) is 9.58. The minimum atomic E-state index is 0.175. The molecule has 7 heteroatoms. The molecule has 0 saturated carbocycles. The summed E-state index contributed by atoms with van der Waals surface area (Å²) in [6.45, 7) is 3.04. The zero-order valence-corrected chi connectivity index (χ0v) is 16.7. The number of nitrogen functional groups attached to an aromatic ring is 2. The lowest BCUT2D eigenvalue weighted by molar-refractivity contribution is 0.548. The van der Waals surface area contributed by atoms with E-state index in [1.165, 1.54) is 64.2 Å². The molecule has 2 aromatic rings. The Bertz CT molecular complexity index is 633. The second kappa shape index (κ2) is 12.3. The van der Waals surface area contributed by atoms with Crippen molar-refractivity contribution in [3.63, 3.8) is 0 Å². The van der Waals surface area contributed by atoms with E-state index in [9.17, 15) is 0 Å². The largest absolute Gasteiger partial charge is 0.368 e. The van der Waals surface area contributed by atoms with Gasteiger partial charge < -0.3 is 16.0 Å². The van der Waals surface area contributed by atoms with Gasteiger partial charge in [-0.05, 0) is 6.42 Å². The molecule has 0 radical (unpaired) electrons. The molecule has 2 rings (SSSR count). The SMILES string of the molecule is CCCCCCCCCCCCc1nccn1CCc1nc(N)nc(N)n1. The van der Waals surface area contributed by atoms with E-state index in [4.69, 9.17) is 11.5 Å². The summed E-state index contributed by atoms with van der Waals surface area (Å²) in [7, 11) is 0. The summed E-state index contributed by atoms with van der Waals surface area (Å²) in [5.74, 6) is 2.10. The average Bonchev–Trinajstić information content (AvgIpc) is 3.08. The van der Waals surface area contributed by atoms with E-state index in [0.29, 0.717) is 12.2 Å². The normalized spacial score (nSPS) is 11.1. The van der Waals surface area contributed by atoms with Crippen LogP contribution in [0.3, 0.4) is 0 Å². The molecule has 0 unspecified atom stereocenters. The highest BCUT2D eigenvalue weighted by molar-refractivity contribution is 5.25. The molecule has 0 bridgehead atoms. The summed E-state index contributed by atoms with van der Waals surface area (Å²) < 4.78 is 2.17. The lowest BCUT2D eigenvalue weighted by atomic mass is 10.1. The molecule has 0 saturated heterocycles. The zero-order chi connectivity index (χ0) is 19.3. The fraction of sp³-hybridized carbons (Fsp3) is 0.700. The Morgan fingerprint density at radius 1 is 0.778 bits per heavy atom. The third kappa shape index (κ3) is 8.37. The standard InChI is InChI=1S/C20H35N7/c1-2-3-4-5-6-7-8-9-10-11-12-18-23-14-16-27(18)15-13-17-24-19(21)26-20(22)25-17/h14,16H,2-13,15H2,1H3,(H4,21,22,24,25,26). The highest BCUT2D eigenvalue weighted by Gasteiger charge is 2.06. The number of hydrogen-bond acceptors (Lipinski definition) is 6. The maximum Gasteiger partial charge on any atom is 0.225 e. The number of aromatic nitrogens is 5. The van der Waals surface area contributed by atoms with Crippen LogP contribution in [0.2, 0.25) is 0 Å². The molecule has 0 amide bonds. The van der Waals surface area contributed by atoms with Gasteiger partial charge in [0.05, 0.1) is 0 Å². The van der Waals surface area contributed by atoms with Crippen LogP contribution in [0.15, 0.2) is 12.4 Å².